The average Bonchev–Trinajstić information content (AvgIpc) is 2.31. The predicted octanol–water partition coefficient (Wildman–Crippen LogP) is 4.71. The van der Waals surface area contributed by atoms with E-state index in [1.807, 2.05) is 30.3 Å². The Kier molecular flexibility index (Phi) is 4.51. The van der Waals surface area contributed by atoms with Gasteiger partial charge in [0.15, 0.2) is 0 Å². The minimum absolute atomic E-state index is 0.497. The third-order valence-electron chi connectivity index (χ3n) is 2.27. The summed E-state index contributed by atoms with van der Waals surface area (Å²) in [4.78, 5) is 2.33. The van der Waals surface area contributed by atoms with Crippen molar-refractivity contribution >= 4 is 39.3 Å². The number of benzene rings is 2. The van der Waals surface area contributed by atoms with Crippen LogP contribution in [0, 0.1) is 0 Å². The first-order valence-electron chi connectivity index (χ1n) is 5.11. The molecule has 2 N–H and O–H groups in total. The van der Waals surface area contributed by atoms with E-state index < -0.39 is 0 Å². The molecule has 0 radical (unpaired) electrons. The van der Waals surface area contributed by atoms with Crippen LogP contribution in [0.15, 0.2) is 56.7 Å². The lowest BCUT2D eigenvalue weighted by Crippen LogP contribution is -1.98. The Morgan fingerprint density at radius 2 is 2.00 bits per heavy atom. The van der Waals surface area contributed by atoms with Gasteiger partial charge >= 0.3 is 0 Å². The van der Waals surface area contributed by atoms with E-state index in [2.05, 4.69) is 28.1 Å². The molecule has 88 valence electrons. The van der Waals surface area contributed by atoms with E-state index in [1.165, 1.54) is 4.90 Å². The summed E-state index contributed by atoms with van der Waals surface area (Å²) in [7, 11) is 0. The fourth-order valence-corrected chi connectivity index (χ4v) is 3.21. The van der Waals surface area contributed by atoms with Crippen LogP contribution in [0.4, 0.5) is 0 Å². The molecule has 0 heterocycles. The molecule has 0 bridgehead atoms. The number of nitrogens with two attached hydrogens (primary N) is 1. The fourth-order valence-electron chi connectivity index (χ4n) is 1.46. The normalized spacial score (nSPS) is 10.5. The monoisotopic (exact) mass is 327 g/mol. The molecular weight excluding hydrogens is 318 g/mol. The van der Waals surface area contributed by atoms with Gasteiger partial charge in [0.1, 0.15) is 0 Å². The molecule has 17 heavy (non-hydrogen) atoms. The molecule has 0 unspecified atom stereocenters. The fraction of sp³-hybridized carbons (Fsp3) is 0.0769. The standard InChI is InChI=1S/C13H11BrClNS/c14-10-2-1-3-12(7-10)17-13-5-4-11(15)6-9(13)8-16/h1-7H,8,16H2. The number of rotatable bonds is 3. The Bertz CT molecular complexity index is 531. The molecule has 2 aromatic rings. The molecule has 2 rings (SSSR count). The molecule has 0 spiro atoms. The highest BCUT2D eigenvalue weighted by Crippen LogP contribution is 2.32. The van der Waals surface area contributed by atoms with Crippen molar-refractivity contribution in [2.24, 2.45) is 5.73 Å². The Balaban J connectivity index is 2.29. The van der Waals surface area contributed by atoms with E-state index in [9.17, 15) is 0 Å². The van der Waals surface area contributed by atoms with Gasteiger partial charge in [-0.25, -0.2) is 0 Å². The van der Waals surface area contributed by atoms with Gasteiger partial charge in [-0.2, -0.15) is 0 Å². The average molecular weight is 329 g/mol. The first-order chi connectivity index (χ1) is 8.19. The zero-order valence-electron chi connectivity index (χ0n) is 8.99. The highest BCUT2D eigenvalue weighted by atomic mass is 79.9. The minimum Gasteiger partial charge on any atom is -0.326 e. The van der Waals surface area contributed by atoms with E-state index in [1.54, 1.807) is 11.8 Å². The summed E-state index contributed by atoms with van der Waals surface area (Å²) in [5.74, 6) is 0. The van der Waals surface area contributed by atoms with Crippen molar-refractivity contribution in [3.8, 4) is 0 Å². The van der Waals surface area contributed by atoms with Crippen LogP contribution in [0.2, 0.25) is 5.02 Å². The highest BCUT2D eigenvalue weighted by Gasteiger charge is 2.04. The van der Waals surface area contributed by atoms with Crippen molar-refractivity contribution in [2.45, 2.75) is 16.3 Å². The number of hydrogen-bond acceptors (Lipinski definition) is 2. The molecule has 2 aromatic carbocycles. The van der Waals surface area contributed by atoms with Crippen molar-refractivity contribution < 1.29 is 0 Å². The second-order valence-corrected chi connectivity index (χ2v) is 5.98. The molecule has 0 atom stereocenters. The van der Waals surface area contributed by atoms with Gasteiger partial charge in [-0.15, -0.1) is 0 Å². The van der Waals surface area contributed by atoms with Crippen molar-refractivity contribution in [2.75, 3.05) is 0 Å². The van der Waals surface area contributed by atoms with Gasteiger partial charge in [0.05, 0.1) is 0 Å². The van der Waals surface area contributed by atoms with Crippen LogP contribution < -0.4 is 5.73 Å². The lowest BCUT2D eigenvalue weighted by Gasteiger charge is -2.08. The Hall–Kier alpha value is -0.480. The smallest absolute Gasteiger partial charge is 0.0410 e. The first kappa shape index (κ1) is 13.0. The third-order valence-corrected chi connectivity index (χ3v) is 4.10. The number of halogens is 2. The summed E-state index contributed by atoms with van der Waals surface area (Å²) >= 11 is 11.1. The van der Waals surface area contributed by atoms with E-state index in [0.29, 0.717) is 6.54 Å². The van der Waals surface area contributed by atoms with Gasteiger partial charge in [0.2, 0.25) is 0 Å². The molecule has 0 aromatic heterocycles. The van der Waals surface area contributed by atoms with Crippen molar-refractivity contribution in [1.82, 2.24) is 0 Å². The Morgan fingerprint density at radius 3 is 2.71 bits per heavy atom. The van der Waals surface area contributed by atoms with Crippen LogP contribution >= 0.6 is 39.3 Å². The lowest BCUT2D eigenvalue weighted by molar-refractivity contribution is 1.03. The summed E-state index contributed by atoms with van der Waals surface area (Å²) in [5.41, 5.74) is 6.79. The molecule has 0 amide bonds. The maximum Gasteiger partial charge on any atom is 0.0410 e. The van der Waals surface area contributed by atoms with Gasteiger partial charge < -0.3 is 5.73 Å². The molecule has 0 fully saturated rings. The van der Waals surface area contributed by atoms with E-state index in [4.69, 9.17) is 17.3 Å². The van der Waals surface area contributed by atoms with Gasteiger partial charge in [-0.1, -0.05) is 45.4 Å². The molecule has 0 aliphatic rings. The Labute approximate surface area is 118 Å². The van der Waals surface area contributed by atoms with E-state index in [0.717, 1.165) is 20.0 Å². The van der Waals surface area contributed by atoms with E-state index >= 15 is 0 Å². The van der Waals surface area contributed by atoms with Crippen LogP contribution in [0.5, 0.6) is 0 Å². The summed E-state index contributed by atoms with van der Waals surface area (Å²) in [6.45, 7) is 0.497. The zero-order chi connectivity index (χ0) is 12.3. The van der Waals surface area contributed by atoms with Crippen molar-refractivity contribution in [1.29, 1.82) is 0 Å². The Morgan fingerprint density at radius 1 is 1.18 bits per heavy atom. The number of hydrogen-bond donors (Lipinski definition) is 1. The lowest BCUT2D eigenvalue weighted by atomic mass is 10.2. The van der Waals surface area contributed by atoms with Crippen LogP contribution in [0.1, 0.15) is 5.56 Å². The van der Waals surface area contributed by atoms with Gasteiger partial charge in [0, 0.05) is 25.8 Å². The molecule has 1 nitrogen and oxygen atoms in total. The zero-order valence-corrected chi connectivity index (χ0v) is 12.1. The van der Waals surface area contributed by atoms with Gasteiger partial charge in [0.25, 0.3) is 0 Å². The highest BCUT2D eigenvalue weighted by molar-refractivity contribution is 9.10. The first-order valence-corrected chi connectivity index (χ1v) is 7.09. The molecular formula is C13H11BrClNS. The predicted molar refractivity (Wildman–Crippen MR) is 77.6 cm³/mol. The van der Waals surface area contributed by atoms with Crippen molar-refractivity contribution in [3.63, 3.8) is 0 Å². The molecule has 4 heteroatoms. The van der Waals surface area contributed by atoms with Gasteiger partial charge in [-0.05, 0) is 42.0 Å². The quantitative estimate of drug-likeness (QED) is 0.883. The SMILES string of the molecule is NCc1cc(Cl)ccc1Sc1cccc(Br)c1. The van der Waals surface area contributed by atoms with Crippen molar-refractivity contribution in [3.05, 3.63) is 57.5 Å². The summed E-state index contributed by atoms with van der Waals surface area (Å²) in [6, 6.07) is 14.0. The van der Waals surface area contributed by atoms with E-state index in [-0.39, 0.29) is 0 Å². The summed E-state index contributed by atoms with van der Waals surface area (Å²) in [6.07, 6.45) is 0. The second-order valence-electron chi connectivity index (χ2n) is 3.52. The maximum atomic E-state index is 5.95. The van der Waals surface area contributed by atoms with Crippen LogP contribution in [-0.4, -0.2) is 0 Å². The maximum absolute atomic E-state index is 5.95. The minimum atomic E-state index is 0.497. The molecule has 0 saturated carbocycles. The van der Waals surface area contributed by atoms with Crippen LogP contribution in [0.3, 0.4) is 0 Å². The van der Waals surface area contributed by atoms with Gasteiger partial charge in [-0.3, -0.25) is 0 Å². The summed E-state index contributed by atoms with van der Waals surface area (Å²) in [5, 5.41) is 0.726. The molecule has 0 aliphatic carbocycles. The molecule has 0 saturated heterocycles. The van der Waals surface area contributed by atoms with Crippen LogP contribution in [0.25, 0.3) is 0 Å². The second kappa shape index (κ2) is 5.91. The largest absolute Gasteiger partial charge is 0.326 e. The summed E-state index contributed by atoms with van der Waals surface area (Å²) < 4.78 is 1.07. The van der Waals surface area contributed by atoms with Crippen LogP contribution in [-0.2, 0) is 6.54 Å². The third kappa shape index (κ3) is 3.49. The topological polar surface area (TPSA) is 26.0 Å². The molecule has 0 aliphatic heterocycles.